The number of aromatic nitrogens is 4. The first kappa shape index (κ1) is 14.3. The molecule has 3 N–H and O–H groups in total. The van der Waals surface area contributed by atoms with Crippen LogP contribution < -0.4 is 11.1 Å². The van der Waals surface area contributed by atoms with E-state index in [9.17, 15) is 0 Å². The zero-order valence-electron chi connectivity index (χ0n) is 12.2. The molecule has 0 saturated carbocycles. The molecule has 0 atom stereocenters. The van der Waals surface area contributed by atoms with Crippen molar-refractivity contribution in [3.05, 3.63) is 24.5 Å². The number of rotatable bonds is 6. The molecule has 22 heavy (non-hydrogen) atoms. The third-order valence-electron chi connectivity index (χ3n) is 3.07. The summed E-state index contributed by atoms with van der Waals surface area (Å²) in [5.41, 5.74) is 6.47. The summed E-state index contributed by atoms with van der Waals surface area (Å²) < 4.78 is 16.9. The number of nitrogens with zero attached hydrogens (tertiary/aromatic N) is 4. The Morgan fingerprint density at radius 2 is 2.18 bits per heavy atom. The molecule has 0 saturated heterocycles. The van der Waals surface area contributed by atoms with Gasteiger partial charge in [-0.2, -0.15) is 9.50 Å². The fraction of sp³-hybridized carbons (Fsp3) is 0.308. The molecular weight excluding hydrogens is 288 g/mol. The molecule has 9 heteroatoms. The number of fused-ring (bicyclic) bond motifs is 1. The Kier molecular flexibility index (Phi) is 3.90. The lowest BCUT2D eigenvalue weighted by molar-refractivity contribution is -0.0914. The number of hydrogen-bond acceptors (Lipinski definition) is 8. The summed E-state index contributed by atoms with van der Waals surface area (Å²) in [5, 5.41) is 7.35. The van der Waals surface area contributed by atoms with Crippen molar-refractivity contribution in [2.24, 2.45) is 0 Å². The zero-order valence-corrected chi connectivity index (χ0v) is 12.2. The van der Waals surface area contributed by atoms with Crippen molar-refractivity contribution in [3.63, 3.8) is 0 Å². The first-order chi connectivity index (χ1) is 10.7. The smallest absolute Gasteiger partial charge is 0.225 e. The maximum Gasteiger partial charge on any atom is 0.225 e. The van der Waals surface area contributed by atoms with Crippen molar-refractivity contribution in [3.8, 4) is 11.6 Å². The van der Waals surface area contributed by atoms with E-state index in [2.05, 4.69) is 20.4 Å². The highest BCUT2D eigenvalue weighted by Gasteiger charge is 2.13. The molecule has 0 radical (unpaired) electrons. The van der Waals surface area contributed by atoms with E-state index in [4.69, 9.17) is 19.6 Å². The Morgan fingerprint density at radius 3 is 2.86 bits per heavy atom. The molecule has 3 rings (SSSR count). The van der Waals surface area contributed by atoms with Crippen LogP contribution in [0.25, 0.3) is 17.2 Å². The molecule has 0 unspecified atom stereocenters. The normalized spacial score (nSPS) is 11.4. The molecule has 0 aromatic carbocycles. The zero-order chi connectivity index (χ0) is 15.5. The Hall–Kier alpha value is -2.65. The fourth-order valence-electron chi connectivity index (χ4n) is 1.96. The Bertz CT molecular complexity index is 751. The lowest BCUT2D eigenvalue weighted by Crippen LogP contribution is -2.24. The van der Waals surface area contributed by atoms with Gasteiger partial charge in [0.25, 0.3) is 0 Å². The van der Waals surface area contributed by atoms with Gasteiger partial charge in [-0.3, -0.25) is 0 Å². The number of furan rings is 1. The van der Waals surface area contributed by atoms with Gasteiger partial charge < -0.3 is 24.9 Å². The molecule has 0 spiro atoms. The van der Waals surface area contributed by atoms with Gasteiger partial charge in [0.05, 0.1) is 12.8 Å². The SMILES string of the molecule is COC(CNc1cc2nc(-c3ccco3)nn2c(N)n1)OC. The second-order valence-corrected chi connectivity index (χ2v) is 4.46. The minimum atomic E-state index is -0.379. The van der Waals surface area contributed by atoms with Crippen LogP contribution in [-0.2, 0) is 9.47 Å². The average Bonchev–Trinajstić information content (AvgIpc) is 3.17. The fourth-order valence-corrected chi connectivity index (χ4v) is 1.96. The summed E-state index contributed by atoms with van der Waals surface area (Å²) in [5.74, 6) is 1.79. The van der Waals surface area contributed by atoms with E-state index in [1.54, 1.807) is 38.7 Å². The van der Waals surface area contributed by atoms with Crippen LogP contribution in [0.5, 0.6) is 0 Å². The largest absolute Gasteiger partial charge is 0.461 e. The van der Waals surface area contributed by atoms with Gasteiger partial charge in [-0.25, -0.2) is 4.98 Å². The summed E-state index contributed by atoms with van der Waals surface area (Å²) in [4.78, 5) is 8.60. The molecule has 0 aliphatic rings. The van der Waals surface area contributed by atoms with Crippen LogP contribution >= 0.6 is 0 Å². The minimum absolute atomic E-state index is 0.219. The van der Waals surface area contributed by atoms with Gasteiger partial charge in [0.2, 0.25) is 11.8 Å². The lowest BCUT2D eigenvalue weighted by atomic mass is 10.4. The van der Waals surface area contributed by atoms with Gasteiger partial charge in [-0.1, -0.05) is 0 Å². The standard InChI is InChI=1S/C13H16N6O3/c1-20-11(21-2)7-15-9-6-10-17-12(8-4-3-5-22-8)18-19(10)13(14)16-9/h3-6,11,15H,7H2,1-2H3,(H2,14,16). The summed E-state index contributed by atoms with van der Waals surface area (Å²) in [6.45, 7) is 0.425. The second kappa shape index (κ2) is 6.00. The van der Waals surface area contributed by atoms with Crippen LogP contribution in [0, 0.1) is 0 Å². The summed E-state index contributed by atoms with van der Waals surface area (Å²) in [6, 6.07) is 5.28. The lowest BCUT2D eigenvalue weighted by Gasteiger charge is -2.14. The van der Waals surface area contributed by atoms with Gasteiger partial charge in [0.1, 0.15) is 5.82 Å². The van der Waals surface area contributed by atoms with E-state index in [-0.39, 0.29) is 12.2 Å². The van der Waals surface area contributed by atoms with Crippen LogP contribution in [0.2, 0.25) is 0 Å². The maximum absolute atomic E-state index is 5.91. The van der Waals surface area contributed by atoms with Gasteiger partial charge in [-0.15, -0.1) is 5.10 Å². The third kappa shape index (κ3) is 2.71. The Morgan fingerprint density at radius 1 is 1.36 bits per heavy atom. The summed E-state index contributed by atoms with van der Waals surface area (Å²) >= 11 is 0. The van der Waals surface area contributed by atoms with E-state index in [0.717, 1.165) is 0 Å². The van der Waals surface area contributed by atoms with E-state index in [1.807, 2.05) is 0 Å². The molecule has 0 aliphatic heterocycles. The van der Waals surface area contributed by atoms with Crippen molar-refractivity contribution in [1.29, 1.82) is 0 Å². The number of hydrogen-bond donors (Lipinski definition) is 2. The third-order valence-corrected chi connectivity index (χ3v) is 3.07. The number of nitrogens with two attached hydrogens (primary N) is 1. The number of nitrogens with one attached hydrogen (secondary N) is 1. The summed E-state index contributed by atoms with van der Waals surface area (Å²) in [6.07, 6.45) is 1.18. The molecule has 116 valence electrons. The van der Waals surface area contributed by atoms with E-state index in [1.165, 1.54) is 4.52 Å². The Labute approximate surface area is 126 Å². The average molecular weight is 304 g/mol. The number of methoxy groups -OCH3 is 2. The second-order valence-electron chi connectivity index (χ2n) is 4.46. The van der Waals surface area contributed by atoms with E-state index < -0.39 is 0 Å². The summed E-state index contributed by atoms with van der Waals surface area (Å²) in [7, 11) is 3.13. The van der Waals surface area contributed by atoms with Crippen molar-refractivity contribution in [2.75, 3.05) is 31.8 Å². The minimum Gasteiger partial charge on any atom is -0.461 e. The van der Waals surface area contributed by atoms with Crippen LogP contribution in [0.15, 0.2) is 28.9 Å². The van der Waals surface area contributed by atoms with Gasteiger partial charge in [-0.05, 0) is 12.1 Å². The first-order valence-electron chi connectivity index (χ1n) is 6.58. The molecule has 0 amide bonds. The number of anilines is 2. The topological polar surface area (TPSA) is 113 Å². The highest BCUT2D eigenvalue weighted by atomic mass is 16.7. The van der Waals surface area contributed by atoms with Gasteiger partial charge in [0, 0.05) is 20.3 Å². The highest BCUT2D eigenvalue weighted by Crippen LogP contribution is 2.19. The molecule has 3 heterocycles. The predicted molar refractivity (Wildman–Crippen MR) is 79.2 cm³/mol. The van der Waals surface area contributed by atoms with Crippen molar-refractivity contribution in [2.45, 2.75) is 6.29 Å². The quantitative estimate of drug-likeness (QED) is 0.648. The number of nitrogen functional groups attached to an aromatic ring is 1. The van der Waals surface area contributed by atoms with Crippen molar-refractivity contribution in [1.82, 2.24) is 19.6 Å². The first-order valence-corrected chi connectivity index (χ1v) is 6.58. The molecule has 0 aliphatic carbocycles. The Balaban J connectivity index is 1.88. The van der Waals surface area contributed by atoms with Crippen LogP contribution in [0.4, 0.5) is 11.8 Å². The molecule has 0 bridgehead atoms. The molecule has 9 nitrogen and oxygen atoms in total. The van der Waals surface area contributed by atoms with Gasteiger partial charge >= 0.3 is 0 Å². The molecule has 0 fully saturated rings. The highest BCUT2D eigenvalue weighted by molar-refractivity contribution is 5.58. The van der Waals surface area contributed by atoms with Crippen molar-refractivity contribution < 1.29 is 13.9 Å². The van der Waals surface area contributed by atoms with E-state index in [0.29, 0.717) is 29.6 Å². The molecular formula is C13H16N6O3. The maximum atomic E-state index is 5.91. The van der Waals surface area contributed by atoms with E-state index >= 15 is 0 Å². The number of ether oxygens (including phenoxy) is 2. The van der Waals surface area contributed by atoms with Crippen molar-refractivity contribution >= 4 is 17.4 Å². The molecule has 3 aromatic heterocycles. The molecule has 3 aromatic rings. The predicted octanol–water partition coefficient (Wildman–Crippen LogP) is 0.997. The van der Waals surface area contributed by atoms with Crippen LogP contribution in [0.1, 0.15) is 0 Å². The monoisotopic (exact) mass is 304 g/mol. The van der Waals surface area contributed by atoms with Gasteiger partial charge in [0.15, 0.2) is 17.7 Å². The van der Waals surface area contributed by atoms with Crippen LogP contribution in [0.3, 0.4) is 0 Å². The van der Waals surface area contributed by atoms with Crippen LogP contribution in [-0.4, -0.2) is 46.6 Å².